The summed E-state index contributed by atoms with van der Waals surface area (Å²) in [5.41, 5.74) is 1.18. The van der Waals surface area contributed by atoms with Gasteiger partial charge in [0.15, 0.2) is 11.5 Å². The maximum Gasteiger partial charge on any atom is 0.242 e. The van der Waals surface area contributed by atoms with Crippen LogP contribution in [0.15, 0.2) is 18.2 Å². The van der Waals surface area contributed by atoms with Gasteiger partial charge in [0.25, 0.3) is 0 Å². The lowest BCUT2D eigenvalue weighted by Crippen LogP contribution is -2.51. The summed E-state index contributed by atoms with van der Waals surface area (Å²) in [5, 5.41) is 0. The molecule has 0 N–H and O–H groups in total. The molecule has 2 amide bonds. The molecule has 7 nitrogen and oxygen atoms in total. The minimum atomic E-state index is -0.0320. The predicted octanol–water partition coefficient (Wildman–Crippen LogP) is 1.95. The van der Waals surface area contributed by atoms with Crippen LogP contribution in [0, 0.1) is 5.92 Å². The topological polar surface area (TPSA) is 62.3 Å². The molecule has 7 heteroatoms. The number of amides is 2. The van der Waals surface area contributed by atoms with Crippen molar-refractivity contribution in [3.63, 3.8) is 0 Å². The maximum atomic E-state index is 12.6. The summed E-state index contributed by atoms with van der Waals surface area (Å²) >= 11 is 0. The summed E-state index contributed by atoms with van der Waals surface area (Å²) in [6.07, 6.45) is 0.913. The van der Waals surface area contributed by atoms with Gasteiger partial charge in [-0.2, -0.15) is 0 Å². The average Bonchev–Trinajstić information content (AvgIpc) is 3.13. The SMILES string of the molecule is CC(=O)N(CCC(C)C)CC(=O)N1CCN(Cc2ccc3c(c2)OCO3)CC1. The number of benzene rings is 1. The Morgan fingerprint density at radius 1 is 1.11 bits per heavy atom. The fourth-order valence-corrected chi connectivity index (χ4v) is 3.48. The molecule has 0 spiro atoms. The molecule has 0 radical (unpaired) electrons. The van der Waals surface area contributed by atoms with Crippen LogP contribution in [-0.4, -0.2) is 72.6 Å². The van der Waals surface area contributed by atoms with Gasteiger partial charge in [0.2, 0.25) is 18.6 Å². The van der Waals surface area contributed by atoms with Gasteiger partial charge in [-0.25, -0.2) is 0 Å². The summed E-state index contributed by atoms with van der Waals surface area (Å²) in [6, 6.07) is 6.04. The van der Waals surface area contributed by atoms with Crippen molar-refractivity contribution in [1.29, 1.82) is 0 Å². The highest BCUT2D eigenvalue weighted by atomic mass is 16.7. The number of piperazine rings is 1. The summed E-state index contributed by atoms with van der Waals surface area (Å²) in [6.45, 7) is 10.8. The number of ether oxygens (including phenoxy) is 2. The fourth-order valence-electron chi connectivity index (χ4n) is 3.48. The molecule has 0 saturated carbocycles. The highest BCUT2D eigenvalue weighted by molar-refractivity contribution is 5.83. The van der Waals surface area contributed by atoms with E-state index in [1.54, 1.807) is 4.90 Å². The maximum absolute atomic E-state index is 12.6. The van der Waals surface area contributed by atoms with Crippen molar-refractivity contribution in [2.45, 2.75) is 33.7 Å². The lowest BCUT2D eigenvalue weighted by molar-refractivity contribution is -0.140. The van der Waals surface area contributed by atoms with Crippen LogP contribution in [0.4, 0.5) is 0 Å². The molecule has 154 valence electrons. The first kappa shape index (κ1) is 20.5. The monoisotopic (exact) mass is 389 g/mol. The van der Waals surface area contributed by atoms with Gasteiger partial charge >= 0.3 is 0 Å². The number of rotatable bonds is 7. The third kappa shape index (κ3) is 5.38. The van der Waals surface area contributed by atoms with Crippen LogP contribution < -0.4 is 9.47 Å². The molecule has 0 atom stereocenters. The van der Waals surface area contributed by atoms with E-state index in [4.69, 9.17) is 9.47 Å². The summed E-state index contributed by atoms with van der Waals surface area (Å²) in [5.74, 6) is 2.12. The van der Waals surface area contributed by atoms with Gasteiger partial charge in [-0.15, -0.1) is 0 Å². The van der Waals surface area contributed by atoms with Crippen LogP contribution in [0.25, 0.3) is 0 Å². The number of carbonyl (C=O) groups excluding carboxylic acids is 2. The highest BCUT2D eigenvalue weighted by Crippen LogP contribution is 2.32. The van der Waals surface area contributed by atoms with E-state index >= 15 is 0 Å². The van der Waals surface area contributed by atoms with E-state index in [-0.39, 0.29) is 25.2 Å². The molecule has 2 heterocycles. The molecule has 0 aromatic heterocycles. The smallest absolute Gasteiger partial charge is 0.242 e. The Kier molecular flexibility index (Phi) is 6.78. The predicted molar refractivity (Wildman–Crippen MR) is 106 cm³/mol. The number of hydrogen-bond donors (Lipinski definition) is 0. The van der Waals surface area contributed by atoms with E-state index < -0.39 is 0 Å². The molecule has 0 unspecified atom stereocenters. The Hall–Kier alpha value is -2.28. The minimum absolute atomic E-state index is 0.0320. The van der Waals surface area contributed by atoms with Crippen molar-refractivity contribution in [2.75, 3.05) is 46.1 Å². The molecule has 0 bridgehead atoms. The molecule has 0 aliphatic carbocycles. The van der Waals surface area contributed by atoms with Crippen molar-refractivity contribution in [3.05, 3.63) is 23.8 Å². The number of fused-ring (bicyclic) bond motifs is 1. The van der Waals surface area contributed by atoms with Gasteiger partial charge in [0.05, 0.1) is 6.54 Å². The van der Waals surface area contributed by atoms with Crippen molar-refractivity contribution in [1.82, 2.24) is 14.7 Å². The Morgan fingerprint density at radius 2 is 1.82 bits per heavy atom. The first-order chi connectivity index (χ1) is 13.4. The molecule has 3 rings (SSSR count). The third-order valence-corrected chi connectivity index (χ3v) is 5.32. The normalized spacial score (nSPS) is 16.5. The fraction of sp³-hybridized carbons (Fsp3) is 0.619. The molecule has 1 aromatic rings. The van der Waals surface area contributed by atoms with Crippen LogP contribution in [0.3, 0.4) is 0 Å². The lowest BCUT2D eigenvalue weighted by Gasteiger charge is -2.36. The van der Waals surface area contributed by atoms with E-state index in [0.717, 1.165) is 37.6 Å². The standard InChI is InChI=1S/C21H31N3O4/c1-16(2)6-7-24(17(3)25)14-21(26)23-10-8-22(9-11-23)13-18-4-5-19-20(12-18)28-15-27-19/h4-5,12,16H,6-11,13-15H2,1-3H3. The second kappa shape index (κ2) is 9.28. The second-order valence-corrected chi connectivity index (χ2v) is 7.97. The molecular formula is C21H31N3O4. The summed E-state index contributed by atoms with van der Waals surface area (Å²) in [4.78, 5) is 30.4. The molecular weight excluding hydrogens is 358 g/mol. The lowest BCUT2D eigenvalue weighted by atomic mass is 10.1. The van der Waals surface area contributed by atoms with E-state index in [2.05, 4.69) is 24.8 Å². The molecule has 1 fully saturated rings. The second-order valence-electron chi connectivity index (χ2n) is 7.97. The van der Waals surface area contributed by atoms with Gasteiger partial charge in [-0.3, -0.25) is 14.5 Å². The summed E-state index contributed by atoms with van der Waals surface area (Å²) in [7, 11) is 0. The first-order valence-electron chi connectivity index (χ1n) is 10.1. The zero-order valence-corrected chi connectivity index (χ0v) is 17.1. The number of hydrogen-bond acceptors (Lipinski definition) is 5. The van der Waals surface area contributed by atoms with Crippen LogP contribution >= 0.6 is 0 Å². The zero-order valence-electron chi connectivity index (χ0n) is 17.1. The third-order valence-electron chi connectivity index (χ3n) is 5.32. The highest BCUT2D eigenvalue weighted by Gasteiger charge is 2.24. The molecule has 2 aliphatic rings. The summed E-state index contributed by atoms with van der Waals surface area (Å²) < 4.78 is 10.8. The Morgan fingerprint density at radius 3 is 2.50 bits per heavy atom. The minimum Gasteiger partial charge on any atom is -0.454 e. The van der Waals surface area contributed by atoms with Crippen molar-refractivity contribution in [2.24, 2.45) is 5.92 Å². The Bertz CT molecular complexity index is 699. The largest absolute Gasteiger partial charge is 0.454 e. The molecule has 1 aromatic carbocycles. The van der Waals surface area contributed by atoms with Crippen LogP contribution in [0.5, 0.6) is 11.5 Å². The average molecular weight is 389 g/mol. The van der Waals surface area contributed by atoms with Gasteiger partial charge in [-0.05, 0) is 30.0 Å². The van der Waals surface area contributed by atoms with Crippen LogP contribution in [0.2, 0.25) is 0 Å². The van der Waals surface area contributed by atoms with E-state index in [1.165, 1.54) is 12.5 Å². The van der Waals surface area contributed by atoms with Crippen LogP contribution in [-0.2, 0) is 16.1 Å². The molecule has 28 heavy (non-hydrogen) atoms. The zero-order chi connectivity index (χ0) is 20.1. The number of nitrogens with zero attached hydrogens (tertiary/aromatic N) is 3. The van der Waals surface area contributed by atoms with Crippen molar-refractivity contribution >= 4 is 11.8 Å². The van der Waals surface area contributed by atoms with Crippen molar-refractivity contribution < 1.29 is 19.1 Å². The van der Waals surface area contributed by atoms with Crippen molar-refractivity contribution in [3.8, 4) is 11.5 Å². The molecule has 2 aliphatic heterocycles. The van der Waals surface area contributed by atoms with E-state index in [1.807, 2.05) is 17.0 Å². The Labute approximate surface area is 167 Å². The van der Waals surface area contributed by atoms with E-state index in [0.29, 0.717) is 25.6 Å². The van der Waals surface area contributed by atoms with Gasteiger partial charge in [-0.1, -0.05) is 19.9 Å². The van der Waals surface area contributed by atoms with Crippen LogP contribution in [0.1, 0.15) is 32.8 Å². The Balaban J connectivity index is 1.46. The van der Waals surface area contributed by atoms with Gasteiger partial charge in [0, 0.05) is 46.2 Å². The molecule has 1 saturated heterocycles. The van der Waals surface area contributed by atoms with E-state index in [9.17, 15) is 9.59 Å². The quantitative estimate of drug-likeness (QED) is 0.713. The number of carbonyl (C=O) groups is 2. The van der Waals surface area contributed by atoms with Gasteiger partial charge < -0.3 is 19.3 Å². The van der Waals surface area contributed by atoms with Gasteiger partial charge in [0.1, 0.15) is 0 Å². The first-order valence-corrected chi connectivity index (χ1v) is 10.1.